The molecule has 1 amide bonds. The van der Waals surface area contributed by atoms with Crippen molar-refractivity contribution in [2.75, 3.05) is 32.0 Å². The fraction of sp³-hybridized carbons (Fsp3) is 0.417. The minimum absolute atomic E-state index is 0. The Balaban J connectivity index is 0.00000341. The van der Waals surface area contributed by atoms with Gasteiger partial charge in [-0.25, -0.2) is 0 Å². The number of amides is 1. The number of nitrogens with one attached hydrogen (secondary N) is 3. The normalized spacial score (nSPS) is 15.7. The minimum Gasteiger partial charge on any atom is -0.356 e. The van der Waals surface area contributed by atoms with Crippen molar-refractivity contribution in [1.82, 2.24) is 15.5 Å². The molecule has 0 aliphatic carbocycles. The summed E-state index contributed by atoms with van der Waals surface area (Å²) in [6.07, 6.45) is 0.481. The van der Waals surface area contributed by atoms with Crippen LogP contribution in [0.1, 0.15) is 42.9 Å². The smallest absolute Gasteiger partial charge is 0.225 e. The molecule has 0 saturated carbocycles. The number of aliphatic imine (C=N–C) groups is 1. The molecule has 2 aromatic carbocycles. The predicted molar refractivity (Wildman–Crippen MR) is 139 cm³/mol. The second-order valence-electron chi connectivity index (χ2n) is 7.62. The highest BCUT2D eigenvalue weighted by Gasteiger charge is 2.24. The number of nitrogens with zero attached hydrogens (tertiary/aromatic N) is 2. The van der Waals surface area contributed by atoms with Crippen molar-refractivity contribution in [3.8, 4) is 0 Å². The second-order valence-corrected chi connectivity index (χ2v) is 7.62. The van der Waals surface area contributed by atoms with Crippen LogP contribution in [0, 0.1) is 0 Å². The number of carbonyl (C=O) groups is 1. The molecule has 1 aliphatic heterocycles. The molecule has 1 heterocycles. The van der Waals surface area contributed by atoms with Gasteiger partial charge in [0.2, 0.25) is 5.91 Å². The first-order valence-corrected chi connectivity index (χ1v) is 10.8. The zero-order chi connectivity index (χ0) is 21.3. The Morgan fingerprint density at radius 2 is 1.74 bits per heavy atom. The molecule has 1 aliphatic rings. The van der Waals surface area contributed by atoms with Gasteiger partial charge in [-0.15, -0.1) is 24.0 Å². The molecule has 0 bridgehead atoms. The van der Waals surface area contributed by atoms with Gasteiger partial charge >= 0.3 is 0 Å². The first-order chi connectivity index (χ1) is 14.6. The third-order valence-corrected chi connectivity index (χ3v) is 5.63. The Kier molecular flexibility index (Phi) is 10.3. The van der Waals surface area contributed by atoms with Crippen LogP contribution in [-0.4, -0.2) is 43.4 Å². The van der Waals surface area contributed by atoms with E-state index in [-0.39, 0.29) is 35.8 Å². The van der Waals surface area contributed by atoms with Gasteiger partial charge in [0.25, 0.3) is 0 Å². The highest BCUT2D eigenvalue weighted by Crippen LogP contribution is 2.31. The Morgan fingerprint density at radius 1 is 1.06 bits per heavy atom. The topological polar surface area (TPSA) is 68.8 Å². The van der Waals surface area contributed by atoms with Crippen LogP contribution in [-0.2, 0) is 17.9 Å². The zero-order valence-corrected chi connectivity index (χ0v) is 21.0. The van der Waals surface area contributed by atoms with E-state index in [1.165, 1.54) is 16.7 Å². The number of rotatable bonds is 8. The summed E-state index contributed by atoms with van der Waals surface area (Å²) in [7, 11) is 1.77. The quantitative estimate of drug-likeness (QED) is 0.272. The van der Waals surface area contributed by atoms with Crippen molar-refractivity contribution >= 4 is 41.5 Å². The Labute approximate surface area is 202 Å². The SMILES string of the molecule is CCN(CC)Cc1ccc(CNC(=NC)NCC2CC(=O)Nc3ccccc32)cc1.I. The van der Waals surface area contributed by atoms with Crippen molar-refractivity contribution in [2.24, 2.45) is 4.99 Å². The van der Waals surface area contributed by atoms with Crippen LogP contribution in [0.2, 0.25) is 0 Å². The Bertz CT molecular complexity index is 865. The third-order valence-electron chi connectivity index (χ3n) is 5.63. The zero-order valence-electron chi connectivity index (χ0n) is 18.6. The molecule has 7 heteroatoms. The molecular weight excluding hydrogens is 501 g/mol. The van der Waals surface area contributed by atoms with E-state index in [0.29, 0.717) is 19.5 Å². The lowest BCUT2D eigenvalue weighted by atomic mass is 9.90. The maximum atomic E-state index is 12.0. The predicted octanol–water partition coefficient (Wildman–Crippen LogP) is 3.94. The monoisotopic (exact) mass is 535 g/mol. The van der Waals surface area contributed by atoms with E-state index in [0.717, 1.165) is 31.3 Å². The second kappa shape index (κ2) is 12.7. The van der Waals surface area contributed by atoms with Gasteiger partial charge in [-0.3, -0.25) is 14.7 Å². The summed E-state index contributed by atoms with van der Waals surface area (Å²) in [5.41, 5.74) is 4.62. The van der Waals surface area contributed by atoms with E-state index in [4.69, 9.17) is 0 Å². The molecule has 0 radical (unpaired) electrons. The van der Waals surface area contributed by atoms with Gasteiger partial charge in [0.05, 0.1) is 0 Å². The van der Waals surface area contributed by atoms with Crippen molar-refractivity contribution in [3.05, 3.63) is 65.2 Å². The summed E-state index contributed by atoms with van der Waals surface area (Å²) in [4.78, 5) is 18.7. The number of fused-ring (bicyclic) bond motifs is 1. The molecule has 0 aromatic heterocycles. The van der Waals surface area contributed by atoms with Crippen LogP contribution < -0.4 is 16.0 Å². The van der Waals surface area contributed by atoms with Crippen LogP contribution in [0.3, 0.4) is 0 Å². The molecule has 31 heavy (non-hydrogen) atoms. The van der Waals surface area contributed by atoms with E-state index in [1.54, 1.807) is 7.05 Å². The Morgan fingerprint density at radius 3 is 2.42 bits per heavy atom. The van der Waals surface area contributed by atoms with Crippen molar-refractivity contribution in [1.29, 1.82) is 0 Å². The number of carbonyl (C=O) groups excluding carboxylic acids is 1. The van der Waals surface area contributed by atoms with Gasteiger partial charge in [0.1, 0.15) is 0 Å². The van der Waals surface area contributed by atoms with Crippen LogP contribution in [0.25, 0.3) is 0 Å². The number of hydrogen-bond acceptors (Lipinski definition) is 3. The maximum Gasteiger partial charge on any atom is 0.225 e. The summed E-state index contributed by atoms with van der Waals surface area (Å²) in [6, 6.07) is 16.7. The Hall–Kier alpha value is -2.13. The standard InChI is InChI=1S/C24H33N5O.HI/c1-4-29(5-2)17-19-12-10-18(11-13-19)15-26-24(25-3)27-16-20-14-23(30)28-22-9-7-6-8-21(20)22;/h6-13,20H,4-5,14-17H2,1-3H3,(H,28,30)(H2,25,26,27);1H. The highest BCUT2D eigenvalue weighted by atomic mass is 127. The average molecular weight is 535 g/mol. The summed E-state index contributed by atoms with van der Waals surface area (Å²) in [5, 5.41) is 9.69. The molecule has 1 unspecified atom stereocenters. The molecule has 0 saturated heterocycles. The molecule has 3 rings (SSSR count). The van der Waals surface area contributed by atoms with Crippen molar-refractivity contribution in [3.63, 3.8) is 0 Å². The summed E-state index contributed by atoms with van der Waals surface area (Å²) in [6.45, 7) is 8.86. The first-order valence-electron chi connectivity index (χ1n) is 10.8. The summed E-state index contributed by atoms with van der Waals surface area (Å²) < 4.78 is 0. The van der Waals surface area contributed by atoms with Crippen LogP contribution >= 0.6 is 24.0 Å². The van der Waals surface area contributed by atoms with Gasteiger partial charge in [-0.1, -0.05) is 56.3 Å². The molecule has 2 aromatic rings. The largest absolute Gasteiger partial charge is 0.356 e. The summed E-state index contributed by atoms with van der Waals surface area (Å²) >= 11 is 0. The highest BCUT2D eigenvalue weighted by molar-refractivity contribution is 14.0. The van der Waals surface area contributed by atoms with E-state index < -0.39 is 0 Å². The third kappa shape index (κ3) is 7.21. The van der Waals surface area contributed by atoms with E-state index in [2.05, 4.69) is 70.0 Å². The van der Waals surface area contributed by atoms with Gasteiger partial charge in [-0.05, 0) is 35.8 Å². The number of hydrogen-bond donors (Lipinski definition) is 3. The van der Waals surface area contributed by atoms with Crippen molar-refractivity contribution in [2.45, 2.75) is 39.3 Å². The first kappa shape index (κ1) is 25.1. The van der Waals surface area contributed by atoms with Gasteiger partial charge < -0.3 is 16.0 Å². The maximum absolute atomic E-state index is 12.0. The van der Waals surface area contributed by atoms with Gasteiger partial charge in [-0.2, -0.15) is 0 Å². The number of anilines is 1. The fourth-order valence-corrected chi connectivity index (χ4v) is 3.78. The van der Waals surface area contributed by atoms with E-state index in [1.807, 2.05) is 18.2 Å². The lowest BCUT2D eigenvalue weighted by Gasteiger charge is -2.26. The molecule has 0 spiro atoms. The lowest BCUT2D eigenvalue weighted by molar-refractivity contribution is -0.116. The van der Waals surface area contributed by atoms with Crippen LogP contribution in [0.5, 0.6) is 0 Å². The molecule has 0 fully saturated rings. The number of guanidine groups is 1. The van der Waals surface area contributed by atoms with Crippen molar-refractivity contribution < 1.29 is 4.79 Å². The summed E-state index contributed by atoms with van der Waals surface area (Å²) in [5.74, 6) is 0.937. The van der Waals surface area contributed by atoms with Crippen LogP contribution in [0.4, 0.5) is 5.69 Å². The molecule has 3 N–H and O–H groups in total. The van der Waals surface area contributed by atoms with E-state index >= 15 is 0 Å². The van der Waals surface area contributed by atoms with Gasteiger partial charge in [0, 0.05) is 44.7 Å². The molecular formula is C24H34IN5O. The number of para-hydroxylation sites is 1. The number of benzene rings is 2. The lowest BCUT2D eigenvalue weighted by Crippen LogP contribution is -2.40. The molecule has 6 nitrogen and oxygen atoms in total. The minimum atomic E-state index is 0. The number of halogens is 1. The van der Waals surface area contributed by atoms with E-state index in [9.17, 15) is 4.79 Å². The van der Waals surface area contributed by atoms with Gasteiger partial charge in [0.15, 0.2) is 5.96 Å². The molecule has 1 atom stereocenters. The van der Waals surface area contributed by atoms with Crippen LogP contribution in [0.15, 0.2) is 53.5 Å². The average Bonchev–Trinajstić information content (AvgIpc) is 2.78. The molecule has 168 valence electrons. The fourth-order valence-electron chi connectivity index (χ4n) is 3.78.